The number of amides is 1. The molecule has 1 saturated carbocycles. The molecule has 1 saturated heterocycles. The summed E-state index contributed by atoms with van der Waals surface area (Å²) < 4.78 is 1.96. The van der Waals surface area contributed by atoms with Crippen LogP contribution in [0.15, 0.2) is 24.3 Å². The van der Waals surface area contributed by atoms with Gasteiger partial charge in [-0.25, -0.2) is 4.98 Å². The van der Waals surface area contributed by atoms with E-state index in [4.69, 9.17) is 0 Å². The second-order valence-electron chi connectivity index (χ2n) is 6.69. The zero-order chi connectivity index (χ0) is 16.7. The van der Waals surface area contributed by atoms with Gasteiger partial charge in [0.1, 0.15) is 18.4 Å². The Morgan fingerprint density at radius 2 is 2.12 bits per heavy atom. The average molecular weight is 323 g/mol. The number of carbonyl (C=O) groups excluding carboxylic acids is 1. The molecule has 1 amide bonds. The fourth-order valence-electron chi connectivity index (χ4n) is 3.61. The number of hydrogen-bond acceptors (Lipinski definition) is 4. The summed E-state index contributed by atoms with van der Waals surface area (Å²) >= 11 is 0. The maximum absolute atomic E-state index is 12.8. The van der Waals surface area contributed by atoms with Gasteiger partial charge >= 0.3 is 0 Å². The van der Waals surface area contributed by atoms with Crippen molar-refractivity contribution >= 4 is 16.9 Å². The number of piperazine rings is 1. The molecular weight excluding hydrogens is 302 g/mol. The van der Waals surface area contributed by atoms with Gasteiger partial charge in [0.05, 0.1) is 17.1 Å². The van der Waals surface area contributed by atoms with Crippen LogP contribution in [-0.2, 0) is 11.3 Å². The van der Waals surface area contributed by atoms with Crippen molar-refractivity contribution in [3.63, 3.8) is 0 Å². The molecule has 0 radical (unpaired) electrons. The van der Waals surface area contributed by atoms with Crippen molar-refractivity contribution in [3.05, 3.63) is 30.1 Å². The van der Waals surface area contributed by atoms with Gasteiger partial charge in [-0.3, -0.25) is 9.69 Å². The number of nitrogens with zero attached hydrogens (tertiary/aromatic N) is 5. The molecule has 6 heteroatoms. The molecule has 2 aliphatic rings. The lowest BCUT2D eigenvalue weighted by atomic mass is 10.1. The molecule has 2 fully saturated rings. The first-order chi connectivity index (χ1) is 11.7. The Labute approximate surface area is 141 Å². The third kappa shape index (κ3) is 2.65. The van der Waals surface area contributed by atoms with E-state index in [2.05, 4.69) is 16.0 Å². The van der Waals surface area contributed by atoms with Crippen LogP contribution in [0.5, 0.6) is 0 Å². The van der Waals surface area contributed by atoms with E-state index in [0.29, 0.717) is 19.1 Å². The number of nitriles is 1. The quantitative estimate of drug-likeness (QED) is 0.859. The van der Waals surface area contributed by atoms with Crippen LogP contribution in [0.25, 0.3) is 11.0 Å². The molecular formula is C18H21N5O. The van der Waals surface area contributed by atoms with Crippen LogP contribution in [0.3, 0.4) is 0 Å². The zero-order valence-electron chi connectivity index (χ0n) is 13.9. The Kier molecular flexibility index (Phi) is 3.73. The number of rotatable bonds is 3. The summed E-state index contributed by atoms with van der Waals surface area (Å²) in [6.07, 6.45) is 2.37. The molecule has 24 heavy (non-hydrogen) atoms. The normalized spacial score (nSPS) is 21.8. The monoisotopic (exact) mass is 323 g/mol. The maximum atomic E-state index is 12.8. The van der Waals surface area contributed by atoms with Gasteiger partial charge < -0.3 is 9.47 Å². The molecule has 2 aromatic rings. The molecule has 4 rings (SSSR count). The van der Waals surface area contributed by atoms with E-state index in [-0.39, 0.29) is 18.5 Å². The maximum Gasteiger partial charge on any atom is 0.242 e. The second kappa shape index (κ2) is 5.91. The molecule has 0 N–H and O–H groups in total. The van der Waals surface area contributed by atoms with Crippen molar-refractivity contribution in [2.45, 2.75) is 38.4 Å². The van der Waals surface area contributed by atoms with Gasteiger partial charge in [-0.05, 0) is 31.9 Å². The van der Waals surface area contributed by atoms with Crippen molar-refractivity contribution < 1.29 is 4.79 Å². The Morgan fingerprint density at radius 3 is 2.88 bits per heavy atom. The summed E-state index contributed by atoms with van der Waals surface area (Å²) in [6, 6.07) is 10.6. The minimum atomic E-state index is -0.171. The van der Waals surface area contributed by atoms with Crippen molar-refractivity contribution in [2.24, 2.45) is 0 Å². The second-order valence-corrected chi connectivity index (χ2v) is 6.69. The van der Waals surface area contributed by atoms with E-state index in [1.165, 1.54) is 12.8 Å². The highest BCUT2D eigenvalue weighted by molar-refractivity contribution is 5.81. The summed E-state index contributed by atoms with van der Waals surface area (Å²) in [4.78, 5) is 21.4. The summed E-state index contributed by atoms with van der Waals surface area (Å²) in [5, 5.41) is 9.43. The Morgan fingerprint density at radius 1 is 1.33 bits per heavy atom. The fourth-order valence-corrected chi connectivity index (χ4v) is 3.61. The van der Waals surface area contributed by atoms with Gasteiger partial charge in [0.15, 0.2) is 0 Å². The minimum Gasteiger partial charge on any atom is -0.337 e. The zero-order valence-corrected chi connectivity index (χ0v) is 13.9. The molecule has 1 aliphatic carbocycles. The highest BCUT2D eigenvalue weighted by atomic mass is 16.2. The topological polar surface area (TPSA) is 65.2 Å². The first-order valence-electron chi connectivity index (χ1n) is 8.52. The van der Waals surface area contributed by atoms with E-state index in [9.17, 15) is 10.1 Å². The van der Waals surface area contributed by atoms with Crippen LogP contribution in [-0.4, -0.2) is 57.0 Å². The lowest BCUT2D eigenvalue weighted by Gasteiger charge is -2.38. The van der Waals surface area contributed by atoms with Crippen LogP contribution in [0, 0.1) is 18.3 Å². The van der Waals surface area contributed by atoms with E-state index in [1.54, 1.807) is 0 Å². The van der Waals surface area contributed by atoms with Crippen LogP contribution in [0.2, 0.25) is 0 Å². The van der Waals surface area contributed by atoms with Crippen molar-refractivity contribution in [2.75, 3.05) is 19.6 Å². The van der Waals surface area contributed by atoms with E-state index in [1.807, 2.05) is 40.7 Å². The fraction of sp³-hybridized carbons (Fsp3) is 0.500. The predicted molar refractivity (Wildman–Crippen MR) is 90.2 cm³/mol. The average Bonchev–Trinajstić information content (AvgIpc) is 3.40. The van der Waals surface area contributed by atoms with Gasteiger partial charge in [0, 0.05) is 25.7 Å². The van der Waals surface area contributed by atoms with Gasteiger partial charge in [-0.2, -0.15) is 5.26 Å². The number of imidazole rings is 1. The summed E-state index contributed by atoms with van der Waals surface area (Å²) in [7, 11) is 0. The molecule has 1 atom stereocenters. The van der Waals surface area contributed by atoms with Crippen molar-refractivity contribution in [1.29, 1.82) is 5.26 Å². The lowest BCUT2D eigenvalue weighted by Crippen LogP contribution is -2.55. The summed E-state index contributed by atoms with van der Waals surface area (Å²) in [5.74, 6) is 0.912. The van der Waals surface area contributed by atoms with Gasteiger partial charge in [0.25, 0.3) is 0 Å². The first-order valence-corrected chi connectivity index (χ1v) is 8.52. The van der Waals surface area contributed by atoms with E-state index >= 15 is 0 Å². The van der Waals surface area contributed by atoms with Crippen LogP contribution < -0.4 is 0 Å². The van der Waals surface area contributed by atoms with Crippen molar-refractivity contribution in [1.82, 2.24) is 19.4 Å². The van der Waals surface area contributed by atoms with Gasteiger partial charge in [0.2, 0.25) is 5.91 Å². The smallest absolute Gasteiger partial charge is 0.242 e. The molecule has 124 valence electrons. The number of para-hydroxylation sites is 2. The summed E-state index contributed by atoms with van der Waals surface area (Å²) in [6.45, 7) is 4.24. The molecule has 0 bridgehead atoms. The van der Waals surface area contributed by atoms with Crippen LogP contribution >= 0.6 is 0 Å². The molecule has 6 nitrogen and oxygen atoms in total. The molecule has 1 aromatic heterocycles. The molecule has 1 unspecified atom stereocenters. The van der Waals surface area contributed by atoms with Crippen LogP contribution in [0.4, 0.5) is 0 Å². The number of benzene rings is 1. The number of fused-ring (bicyclic) bond motifs is 1. The third-order valence-corrected chi connectivity index (χ3v) is 5.08. The number of hydrogen-bond donors (Lipinski definition) is 0. The standard InChI is InChI=1S/C18H21N5O/c1-13-20-16-4-2-3-5-17(16)23(13)12-18(24)21-8-9-22(14-6-7-14)15(10-19)11-21/h2-5,14-15H,6-9,11-12H2,1H3. The number of aromatic nitrogens is 2. The molecule has 0 spiro atoms. The predicted octanol–water partition coefficient (Wildman–Crippen LogP) is 1.54. The first kappa shape index (κ1) is 15.2. The Balaban J connectivity index is 1.50. The van der Waals surface area contributed by atoms with E-state index in [0.717, 1.165) is 23.4 Å². The van der Waals surface area contributed by atoms with Gasteiger partial charge in [-0.1, -0.05) is 12.1 Å². The highest BCUT2D eigenvalue weighted by Crippen LogP contribution is 2.30. The Hall–Kier alpha value is -2.39. The number of aryl methyl sites for hydroxylation is 1. The van der Waals surface area contributed by atoms with E-state index < -0.39 is 0 Å². The van der Waals surface area contributed by atoms with Crippen LogP contribution in [0.1, 0.15) is 18.7 Å². The minimum absolute atomic E-state index is 0.0666. The molecule has 1 aromatic carbocycles. The van der Waals surface area contributed by atoms with Crippen molar-refractivity contribution in [3.8, 4) is 6.07 Å². The lowest BCUT2D eigenvalue weighted by molar-refractivity contribution is -0.134. The van der Waals surface area contributed by atoms with Gasteiger partial charge in [-0.15, -0.1) is 0 Å². The Bertz CT molecular complexity index is 816. The molecule has 2 heterocycles. The highest BCUT2D eigenvalue weighted by Gasteiger charge is 2.38. The summed E-state index contributed by atoms with van der Waals surface area (Å²) in [5.41, 5.74) is 1.90. The largest absolute Gasteiger partial charge is 0.337 e. The molecule has 1 aliphatic heterocycles. The number of carbonyl (C=O) groups is 1. The third-order valence-electron chi connectivity index (χ3n) is 5.08. The SMILES string of the molecule is Cc1nc2ccccc2n1CC(=O)N1CCN(C2CC2)C(C#N)C1.